The van der Waals surface area contributed by atoms with E-state index in [2.05, 4.69) is 35.7 Å². The van der Waals surface area contributed by atoms with E-state index in [1.807, 2.05) is 6.07 Å². The zero-order valence-corrected chi connectivity index (χ0v) is 7.76. The summed E-state index contributed by atoms with van der Waals surface area (Å²) in [5.41, 5.74) is 0.986. The van der Waals surface area contributed by atoms with Gasteiger partial charge in [0.15, 0.2) is 5.69 Å². The van der Waals surface area contributed by atoms with Crippen LogP contribution in [0, 0.1) is 29.1 Å². The van der Waals surface area contributed by atoms with Crippen molar-refractivity contribution in [3.8, 4) is 17.9 Å². The fraction of sp³-hybridized carbons (Fsp3) is 0.400. The van der Waals surface area contributed by atoms with Gasteiger partial charge in [0.2, 0.25) is 0 Å². The molecule has 0 fully saturated rings. The lowest BCUT2D eigenvalue weighted by atomic mass is 10.1. The van der Waals surface area contributed by atoms with Gasteiger partial charge >= 0.3 is 0 Å². The Labute approximate surface area is 77.8 Å². The molecule has 0 aromatic carbocycles. The Morgan fingerprint density at radius 3 is 3.00 bits per heavy atom. The van der Waals surface area contributed by atoms with Gasteiger partial charge in [0, 0.05) is 6.42 Å². The predicted molar refractivity (Wildman–Crippen MR) is 49.6 cm³/mol. The van der Waals surface area contributed by atoms with Gasteiger partial charge in [0.05, 0.1) is 6.33 Å². The Morgan fingerprint density at radius 2 is 2.38 bits per heavy atom. The Balaban J connectivity index is 2.72. The van der Waals surface area contributed by atoms with E-state index >= 15 is 0 Å². The first-order valence-corrected chi connectivity index (χ1v) is 4.16. The second-order valence-corrected chi connectivity index (χ2v) is 3.14. The van der Waals surface area contributed by atoms with E-state index in [0.717, 1.165) is 6.42 Å². The minimum atomic E-state index is 0.372. The molecule has 66 valence electrons. The van der Waals surface area contributed by atoms with Crippen molar-refractivity contribution in [3.05, 3.63) is 17.7 Å². The van der Waals surface area contributed by atoms with E-state index in [9.17, 15) is 0 Å². The highest BCUT2D eigenvalue weighted by Gasteiger charge is 1.99. The summed E-state index contributed by atoms with van der Waals surface area (Å²) in [6, 6.07) is 1.97. The Morgan fingerprint density at radius 1 is 1.62 bits per heavy atom. The number of rotatable bonds is 1. The summed E-state index contributed by atoms with van der Waals surface area (Å²) in [6.07, 6.45) is 2.32. The number of aromatic nitrogens is 2. The van der Waals surface area contributed by atoms with Crippen LogP contribution in [0.2, 0.25) is 0 Å². The minimum absolute atomic E-state index is 0.372. The number of hydrogen-bond acceptors (Lipinski definition) is 2. The van der Waals surface area contributed by atoms with Crippen molar-refractivity contribution in [2.45, 2.75) is 20.3 Å². The lowest BCUT2D eigenvalue weighted by molar-refractivity contribution is 0.676. The Kier molecular flexibility index (Phi) is 3.11. The topological polar surface area (TPSA) is 52.5 Å². The van der Waals surface area contributed by atoms with Gasteiger partial charge in [0.1, 0.15) is 11.8 Å². The predicted octanol–water partition coefficient (Wildman–Crippen LogP) is 1.68. The van der Waals surface area contributed by atoms with Crippen molar-refractivity contribution in [3.63, 3.8) is 0 Å². The number of H-pyrrole nitrogens is 1. The molecule has 1 aromatic heterocycles. The van der Waals surface area contributed by atoms with Crippen LogP contribution in [0.1, 0.15) is 31.7 Å². The number of nitriles is 1. The molecule has 0 radical (unpaired) electrons. The first kappa shape index (κ1) is 9.35. The lowest BCUT2D eigenvalue weighted by Crippen LogP contribution is -1.84. The molecule has 0 aliphatic rings. The molecule has 1 N–H and O–H groups in total. The molecule has 1 heterocycles. The van der Waals surface area contributed by atoms with Gasteiger partial charge in [-0.05, 0) is 11.8 Å². The molecule has 0 bridgehead atoms. The largest absolute Gasteiger partial charge is 0.337 e. The minimum Gasteiger partial charge on any atom is -0.337 e. The third kappa shape index (κ3) is 2.65. The number of imidazole rings is 1. The maximum absolute atomic E-state index is 8.62. The fourth-order valence-corrected chi connectivity index (χ4v) is 0.818. The van der Waals surface area contributed by atoms with Crippen LogP contribution in [0.4, 0.5) is 0 Å². The number of nitrogens with zero attached hydrogens (tertiary/aromatic N) is 2. The van der Waals surface area contributed by atoms with Gasteiger partial charge in [-0.2, -0.15) is 5.26 Å². The molecular weight excluding hydrogens is 162 g/mol. The van der Waals surface area contributed by atoms with Crippen molar-refractivity contribution in [1.29, 1.82) is 5.26 Å². The summed E-state index contributed by atoms with van der Waals surface area (Å²) in [5.74, 6) is 6.43. The Bertz CT molecular complexity index is 371. The second-order valence-electron chi connectivity index (χ2n) is 3.14. The van der Waals surface area contributed by atoms with Crippen molar-refractivity contribution < 1.29 is 0 Å². The summed E-state index contributed by atoms with van der Waals surface area (Å²) < 4.78 is 0. The zero-order valence-electron chi connectivity index (χ0n) is 7.76. The highest BCUT2D eigenvalue weighted by Crippen LogP contribution is 2.00. The van der Waals surface area contributed by atoms with Crippen molar-refractivity contribution >= 4 is 0 Å². The average molecular weight is 173 g/mol. The monoisotopic (exact) mass is 173 g/mol. The van der Waals surface area contributed by atoms with Crippen molar-refractivity contribution in [2.24, 2.45) is 5.92 Å². The highest BCUT2D eigenvalue weighted by molar-refractivity contribution is 5.38. The van der Waals surface area contributed by atoms with Crippen molar-refractivity contribution in [2.75, 3.05) is 0 Å². The Hall–Kier alpha value is -1.74. The molecule has 0 unspecified atom stereocenters. The molecule has 0 saturated carbocycles. The van der Waals surface area contributed by atoms with Gasteiger partial charge in [-0.3, -0.25) is 0 Å². The van der Waals surface area contributed by atoms with Crippen LogP contribution in [0.5, 0.6) is 0 Å². The summed E-state index contributed by atoms with van der Waals surface area (Å²) >= 11 is 0. The third-order valence-electron chi connectivity index (χ3n) is 1.47. The van der Waals surface area contributed by atoms with Gasteiger partial charge in [-0.1, -0.05) is 19.8 Å². The van der Waals surface area contributed by atoms with Gasteiger partial charge in [-0.15, -0.1) is 0 Å². The van der Waals surface area contributed by atoms with E-state index in [1.54, 1.807) is 0 Å². The normalized spacial score (nSPS) is 9.08. The number of nitrogens with one attached hydrogen (secondary N) is 1. The first-order chi connectivity index (χ1) is 6.24. The molecule has 0 aliphatic carbocycles. The molecule has 3 nitrogen and oxygen atoms in total. The maximum atomic E-state index is 8.62. The van der Waals surface area contributed by atoms with Crippen LogP contribution in [-0.2, 0) is 0 Å². The fourth-order valence-electron chi connectivity index (χ4n) is 0.818. The SMILES string of the molecule is CC(C)CC#Cc1[nH]cnc1C#N. The summed E-state index contributed by atoms with van der Waals surface area (Å²) in [6.45, 7) is 4.21. The molecule has 3 heteroatoms. The van der Waals surface area contributed by atoms with E-state index < -0.39 is 0 Å². The van der Waals surface area contributed by atoms with Crippen LogP contribution in [0.15, 0.2) is 6.33 Å². The molecule has 0 saturated heterocycles. The van der Waals surface area contributed by atoms with E-state index in [-0.39, 0.29) is 0 Å². The molecule has 13 heavy (non-hydrogen) atoms. The summed E-state index contributed by atoms with van der Waals surface area (Å²) in [4.78, 5) is 6.64. The first-order valence-electron chi connectivity index (χ1n) is 4.16. The van der Waals surface area contributed by atoms with E-state index in [1.165, 1.54) is 6.33 Å². The molecule has 0 aliphatic heterocycles. The summed E-state index contributed by atoms with van der Waals surface area (Å²) in [7, 11) is 0. The number of hydrogen-bond donors (Lipinski definition) is 1. The smallest absolute Gasteiger partial charge is 0.174 e. The molecule has 0 spiro atoms. The maximum Gasteiger partial charge on any atom is 0.174 e. The van der Waals surface area contributed by atoms with Gasteiger partial charge < -0.3 is 4.98 Å². The molecule has 1 rings (SSSR count). The number of aromatic amines is 1. The molecule has 0 atom stereocenters. The van der Waals surface area contributed by atoms with Gasteiger partial charge in [0.25, 0.3) is 0 Å². The zero-order chi connectivity index (χ0) is 9.68. The van der Waals surface area contributed by atoms with Crippen LogP contribution >= 0.6 is 0 Å². The summed E-state index contributed by atoms with van der Waals surface area (Å²) in [5, 5.41) is 8.62. The van der Waals surface area contributed by atoms with Crippen LogP contribution in [0.3, 0.4) is 0 Å². The quantitative estimate of drug-likeness (QED) is 0.657. The van der Waals surface area contributed by atoms with E-state index in [0.29, 0.717) is 17.3 Å². The standard InChI is InChI=1S/C10H11N3/c1-8(2)4-3-5-9-10(6-11)13-7-12-9/h7-8H,4H2,1-2H3,(H,12,13). The lowest BCUT2D eigenvalue weighted by Gasteiger charge is -1.92. The molecular formula is C10H11N3. The van der Waals surface area contributed by atoms with E-state index in [4.69, 9.17) is 5.26 Å². The molecule has 1 aromatic rings. The van der Waals surface area contributed by atoms with Gasteiger partial charge in [-0.25, -0.2) is 4.98 Å². The highest BCUT2D eigenvalue weighted by atomic mass is 14.9. The van der Waals surface area contributed by atoms with Crippen molar-refractivity contribution in [1.82, 2.24) is 9.97 Å². The second kappa shape index (κ2) is 4.33. The molecule has 0 amide bonds. The third-order valence-corrected chi connectivity index (χ3v) is 1.47. The average Bonchev–Trinajstić information content (AvgIpc) is 2.51. The van der Waals surface area contributed by atoms with Crippen LogP contribution < -0.4 is 0 Å². The van der Waals surface area contributed by atoms with Crippen LogP contribution in [-0.4, -0.2) is 9.97 Å². The van der Waals surface area contributed by atoms with Crippen LogP contribution in [0.25, 0.3) is 0 Å².